The molecule has 0 saturated heterocycles. The monoisotopic (exact) mass is 256 g/mol. The van der Waals surface area contributed by atoms with E-state index in [2.05, 4.69) is 52.9 Å². The molecule has 0 radical (unpaired) electrons. The van der Waals surface area contributed by atoms with Gasteiger partial charge in [-0.3, -0.25) is 0 Å². The number of hydrogen-bond donors (Lipinski definition) is 0. The first-order valence-corrected chi connectivity index (χ1v) is 10.0. The highest BCUT2D eigenvalue weighted by molar-refractivity contribution is 6.74. The average molecular weight is 257 g/mol. The Balaban J connectivity index is 3.55. The van der Waals surface area contributed by atoms with Crippen LogP contribution < -0.4 is 0 Å². The smallest absolute Gasteiger partial charge is 0.191 e. The third-order valence-electron chi connectivity index (χ3n) is 3.69. The van der Waals surface area contributed by atoms with Crippen LogP contribution in [0.5, 0.6) is 0 Å². The predicted octanol–water partition coefficient (Wildman–Crippen LogP) is 5.53. The Morgan fingerprint density at radius 2 is 1.65 bits per heavy atom. The van der Waals surface area contributed by atoms with Gasteiger partial charge in [0.1, 0.15) is 0 Å². The van der Waals surface area contributed by atoms with Crippen molar-refractivity contribution >= 4 is 8.32 Å². The average Bonchev–Trinajstić information content (AvgIpc) is 2.20. The minimum Gasteiger partial charge on any atom is -0.417 e. The van der Waals surface area contributed by atoms with Gasteiger partial charge in [0.15, 0.2) is 8.32 Å². The van der Waals surface area contributed by atoms with Gasteiger partial charge in [0, 0.05) is 6.61 Å². The lowest BCUT2D eigenvalue weighted by Gasteiger charge is -2.36. The maximum absolute atomic E-state index is 6.14. The van der Waals surface area contributed by atoms with E-state index in [1.807, 2.05) is 0 Å². The van der Waals surface area contributed by atoms with Crippen molar-refractivity contribution in [3.05, 3.63) is 12.2 Å². The summed E-state index contributed by atoms with van der Waals surface area (Å²) in [6.07, 6.45) is 10.8. The zero-order chi connectivity index (χ0) is 13.4. The Morgan fingerprint density at radius 3 is 2.18 bits per heavy atom. The van der Waals surface area contributed by atoms with Gasteiger partial charge in [-0.2, -0.15) is 0 Å². The SMILES string of the molecule is CC/C=C\CCCCCO[Si](C)(C)C(C)(C)C. The summed E-state index contributed by atoms with van der Waals surface area (Å²) in [4.78, 5) is 0. The van der Waals surface area contributed by atoms with Crippen molar-refractivity contribution in [3.8, 4) is 0 Å². The van der Waals surface area contributed by atoms with Crippen LogP contribution in [0.3, 0.4) is 0 Å². The summed E-state index contributed by atoms with van der Waals surface area (Å²) in [5.74, 6) is 0. The van der Waals surface area contributed by atoms with Crippen LogP contribution in [0.1, 0.15) is 59.8 Å². The molecule has 0 fully saturated rings. The van der Waals surface area contributed by atoms with Crippen LogP contribution in [0, 0.1) is 0 Å². The molecule has 0 aliphatic heterocycles. The first-order chi connectivity index (χ1) is 7.81. The number of unbranched alkanes of at least 4 members (excludes halogenated alkanes) is 3. The van der Waals surface area contributed by atoms with Crippen LogP contribution in [0.4, 0.5) is 0 Å². The van der Waals surface area contributed by atoms with Gasteiger partial charge >= 0.3 is 0 Å². The van der Waals surface area contributed by atoms with Crippen LogP contribution in [0.2, 0.25) is 18.1 Å². The summed E-state index contributed by atoms with van der Waals surface area (Å²) >= 11 is 0. The van der Waals surface area contributed by atoms with Gasteiger partial charge < -0.3 is 4.43 Å². The second-order valence-corrected chi connectivity index (χ2v) is 11.1. The van der Waals surface area contributed by atoms with Crippen LogP contribution in [-0.4, -0.2) is 14.9 Å². The molecule has 0 aliphatic carbocycles. The molecule has 0 N–H and O–H groups in total. The van der Waals surface area contributed by atoms with Gasteiger partial charge in [0.2, 0.25) is 0 Å². The van der Waals surface area contributed by atoms with Gasteiger partial charge in [-0.1, -0.05) is 46.3 Å². The highest BCUT2D eigenvalue weighted by Gasteiger charge is 2.36. The van der Waals surface area contributed by atoms with Crippen molar-refractivity contribution in [1.82, 2.24) is 0 Å². The third-order valence-corrected chi connectivity index (χ3v) is 8.22. The van der Waals surface area contributed by atoms with E-state index in [0.29, 0.717) is 5.04 Å². The van der Waals surface area contributed by atoms with Crippen LogP contribution >= 0.6 is 0 Å². The number of rotatable bonds is 8. The van der Waals surface area contributed by atoms with Crippen molar-refractivity contribution in [2.75, 3.05) is 6.61 Å². The minimum absolute atomic E-state index is 0.344. The molecular weight excluding hydrogens is 224 g/mol. The molecule has 0 aromatic rings. The summed E-state index contributed by atoms with van der Waals surface area (Å²) < 4.78 is 6.14. The van der Waals surface area contributed by atoms with Gasteiger partial charge in [-0.15, -0.1) is 0 Å². The number of allylic oxidation sites excluding steroid dienone is 2. The molecule has 0 atom stereocenters. The molecule has 0 rings (SSSR count). The summed E-state index contributed by atoms with van der Waals surface area (Å²) in [6.45, 7) is 14.7. The number of hydrogen-bond acceptors (Lipinski definition) is 1. The first-order valence-electron chi connectivity index (χ1n) is 7.10. The van der Waals surface area contributed by atoms with Crippen molar-refractivity contribution in [1.29, 1.82) is 0 Å². The first kappa shape index (κ1) is 16.9. The normalized spacial score (nSPS) is 13.5. The molecule has 102 valence electrons. The summed E-state index contributed by atoms with van der Waals surface area (Å²) in [7, 11) is -1.50. The lowest BCUT2D eigenvalue weighted by Crippen LogP contribution is -2.40. The Morgan fingerprint density at radius 1 is 1.00 bits per heavy atom. The molecule has 2 heteroatoms. The van der Waals surface area contributed by atoms with Crippen molar-refractivity contribution < 1.29 is 4.43 Å². The van der Waals surface area contributed by atoms with Gasteiger partial charge in [-0.05, 0) is 43.8 Å². The molecule has 17 heavy (non-hydrogen) atoms. The summed E-state index contributed by atoms with van der Waals surface area (Å²) in [5.41, 5.74) is 0. The van der Waals surface area contributed by atoms with E-state index in [-0.39, 0.29) is 0 Å². The Kier molecular flexibility index (Phi) is 8.06. The van der Waals surface area contributed by atoms with E-state index in [4.69, 9.17) is 4.43 Å². The molecule has 0 spiro atoms. The second-order valence-electron chi connectivity index (χ2n) is 6.34. The van der Waals surface area contributed by atoms with E-state index in [1.54, 1.807) is 0 Å². The standard InChI is InChI=1S/C15H32OSi/c1-7-8-9-10-11-12-13-14-16-17(5,6)15(2,3)4/h8-9H,7,10-14H2,1-6H3/b9-8-. The van der Waals surface area contributed by atoms with Crippen molar-refractivity contribution in [2.45, 2.75) is 77.9 Å². The molecular formula is C15H32OSi. The maximum atomic E-state index is 6.14. The third kappa shape index (κ3) is 7.77. The van der Waals surface area contributed by atoms with Gasteiger partial charge in [-0.25, -0.2) is 0 Å². The highest BCUT2D eigenvalue weighted by Crippen LogP contribution is 2.36. The largest absolute Gasteiger partial charge is 0.417 e. The van der Waals surface area contributed by atoms with Crippen LogP contribution in [0.15, 0.2) is 12.2 Å². The highest BCUT2D eigenvalue weighted by atomic mass is 28.4. The van der Waals surface area contributed by atoms with E-state index in [9.17, 15) is 0 Å². The Hall–Kier alpha value is -0.0831. The molecule has 0 heterocycles. The fourth-order valence-corrected chi connectivity index (χ4v) is 2.46. The fraction of sp³-hybridized carbons (Fsp3) is 0.867. The molecule has 0 aromatic carbocycles. The second kappa shape index (κ2) is 8.10. The predicted molar refractivity (Wildman–Crippen MR) is 81.0 cm³/mol. The lowest BCUT2D eigenvalue weighted by atomic mass is 10.2. The van der Waals surface area contributed by atoms with Crippen LogP contribution in [-0.2, 0) is 4.43 Å². The fourth-order valence-electron chi connectivity index (χ4n) is 1.37. The zero-order valence-electron chi connectivity index (χ0n) is 12.8. The zero-order valence-corrected chi connectivity index (χ0v) is 13.8. The molecule has 0 saturated carbocycles. The topological polar surface area (TPSA) is 9.23 Å². The molecule has 0 unspecified atom stereocenters. The van der Waals surface area contributed by atoms with Gasteiger partial charge in [0.05, 0.1) is 0 Å². The molecule has 1 nitrogen and oxygen atoms in total. The van der Waals surface area contributed by atoms with E-state index < -0.39 is 8.32 Å². The quantitative estimate of drug-likeness (QED) is 0.315. The Bertz CT molecular complexity index is 213. The summed E-state index contributed by atoms with van der Waals surface area (Å²) in [5, 5.41) is 0.344. The van der Waals surface area contributed by atoms with E-state index in [0.717, 1.165) is 13.0 Å². The molecule has 0 aliphatic rings. The van der Waals surface area contributed by atoms with Crippen LogP contribution in [0.25, 0.3) is 0 Å². The van der Waals surface area contributed by atoms with E-state index in [1.165, 1.54) is 25.7 Å². The minimum atomic E-state index is -1.50. The maximum Gasteiger partial charge on any atom is 0.191 e. The van der Waals surface area contributed by atoms with Gasteiger partial charge in [0.25, 0.3) is 0 Å². The molecule has 0 amide bonds. The van der Waals surface area contributed by atoms with E-state index >= 15 is 0 Å². The summed E-state index contributed by atoms with van der Waals surface area (Å²) in [6, 6.07) is 0. The Labute approximate surface area is 110 Å². The molecule has 0 aromatic heterocycles. The molecule has 0 bridgehead atoms. The lowest BCUT2D eigenvalue weighted by molar-refractivity contribution is 0.278. The van der Waals surface area contributed by atoms with Crippen molar-refractivity contribution in [2.24, 2.45) is 0 Å². The van der Waals surface area contributed by atoms with Crippen molar-refractivity contribution in [3.63, 3.8) is 0 Å².